The maximum atomic E-state index is 4.87. The molecular formula is C18H30N4. The molecule has 0 aliphatic carbocycles. The van der Waals surface area contributed by atoms with E-state index in [1.54, 1.807) is 0 Å². The average Bonchev–Trinajstić information content (AvgIpc) is 2.52. The van der Waals surface area contributed by atoms with Crippen molar-refractivity contribution in [3.8, 4) is 0 Å². The van der Waals surface area contributed by atoms with Crippen molar-refractivity contribution in [3.63, 3.8) is 0 Å². The molecule has 1 atom stereocenters. The van der Waals surface area contributed by atoms with Gasteiger partial charge in [-0.3, -0.25) is 4.99 Å². The third kappa shape index (κ3) is 5.34. The average molecular weight is 302 g/mol. The van der Waals surface area contributed by atoms with Crippen LogP contribution >= 0.6 is 0 Å². The van der Waals surface area contributed by atoms with Crippen LogP contribution in [-0.2, 0) is 6.54 Å². The Kier molecular flexibility index (Phi) is 6.72. The highest BCUT2D eigenvalue weighted by atomic mass is 15.3. The normalized spacial score (nSPS) is 20.0. The standard InChI is InChI=1S/C18H30N4/c1-4-19-18(20-13-17-11-8-12-21(2)14-17)22(3)15-16-9-6-5-7-10-16/h5-7,9-10,17H,4,8,11-15H2,1-3H3,(H,19,20). The van der Waals surface area contributed by atoms with E-state index in [-0.39, 0.29) is 0 Å². The maximum Gasteiger partial charge on any atom is 0.193 e. The fraction of sp³-hybridized carbons (Fsp3) is 0.611. The molecule has 1 aliphatic heterocycles. The molecule has 2 rings (SSSR count). The van der Waals surface area contributed by atoms with Gasteiger partial charge in [0.15, 0.2) is 5.96 Å². The van der Waals surface area contributed by atoms with Crippen LogP contribution in [-0.4, -0.2) is 56.0 Å². The molecule has 22 heavy (non-hydrogen) atoms. The number of hydrogen-bond donors (Lipinski definition) is 1. The first-order valence-corrected chi connectivity index (χ1v) is 8.41. The van der Waals surface area contributed by atoms with Crippen molar-refractivity contribution in [3.05, 3.63) is 35.9 Å². The molecule has 1 aromatic carbocycles. The lowest BCUT2D eigenvalue weighted by atomic mass is 9.99. The summed E-state index contributed by atoms with van der Waals surface area (Å²) >= 11 is 0. The highest BCUT2D eigenvalue weighted by Gasteiger charge is 2.17. The molecule has 0 saturated carbocycles. The van der Waals surface area contributed by atoms with Gasteiger partial charge in [0.2, 0.25) is 0 Å². The summed E-state index contributed by atoms with van der Waals surface area (Å²) in [5.74, 6) is 1.71. The first kappa shape index (κ1) is 16.8. The van der Waals surface area contributed by atoms with Crippen LogP contribution in [0.4, 0.5) is 0 Å². The maximum absolute atomic E-state index is 4.87. The largest absolute Gasteiger partial charge is 0.357 e. The first-order chi connectivity index (χ1) is 10.7. The number of nitrogens with one attached hydrogen (secondary N) is 1. The van der Waals surface area contributed by atoms with E-state index >= 15 is 0 Å². The first-order valence-electron chi connectivity index (χ1n) is 8.41. The van der Waals surface area contributed by atoms with E-state index in [0.717, 1.165) is 25.6 Å². The Morgan fingerprint density at radius 2 is 2.14 bits per heavy atom. The Morgan fingerprint density at radius 3 is 2.82 bits per heavy atom. The van der Waals surface area contributed by atoms with Gasteiger partial charge in [-0.15, -0.1) is 0 Å². The second-order valence-corrected chi connectivity index (χ2v) is 6.31. The molecule has 1 aliphatic rings. The molecule has 1 fully saturated rings. The van der Waals surface area contributed by atoms with Gasteiger partial charge in [0, 0.05) is 33.2 Å². The number of nitrogens with zero attached hydrogens (tertiary/aromatic N) is 3. The number of hydrogen-bond acceptors (Lipinski definition) is 2. The summed E-state index contributed by atoms with van der Waals surface area (Å²) in [5, 5.41) is 3.42. The summed E-state index contributed by atoms with van der Waals surface area (Å²) in [6.45, 7) is 7.24. The van der Waals surface area contributed by atoms with Gasteiger partial charge in [0.05, 0.1) is 0 Å². The minimum atomic E-state index is 0.692. The molecule has 122 valence electrons. The van der Waals surface area contributed by atoms with E-state index in [4.69, 9.17) is 4.99 Å². The fourth-order valence-corrected chi connectivity index (χ4v) is 3.04. The minimum Gasteiger partial charge on any atom is -0.357 e. The summed E-state index contributed by atoms with van der Waals surface area (Å²) < 4.78 is 0. The van der Waals surface area contributed by atoms with Gasteiger partial charge in [0.1, 0.15) is 0 Å². The van der Waals surface area contributed by atoms with E-state index in [2.05, 4.69) is 66.5 Å². The minimum absolute atomic E-state index is 0.692. The van der Waals surface area contributed by atoms with E-state index in [1.807, 2.05) is 0 Å². The molecule has 0 radical (unpaired) electrons. The summed E-state index contributed by atoms with van der Waals surface area (Å²) in [6, 6.07) is 10.6. The molecule has 1 heterocycles. The van der Waals surface area contributed by atoms with Crippen LogP contribution in [0.25, 0.3) is 0 Å². The predicted molar refractivity (Wildman–Crippen MR) is 94.1 cm³/mol. The monoisotopic (exact) mass is 302 g/mol. The number of benzene rings is 1. The van der Waals surface area contributed by atoms with Gasteiger partial charge in [-0.2, -0.15) is 0 Å². The summed E-state index contributed by atoms with van der Waals surface area (Å²) in [5.41, 5.74) is 1.31. The molecule has 1 saturated heterocycles. The predicted octanol–water partition coefficient (Wildman–Crippen LogP) is 2.43. The van der Waals surface area contributed by atoms with E-state index in [9.17, 15) is 0 Å². The Morgan fingerprint density at radius 1 is 1.36 bits per heavy atom. The molecule has 1 N–H and O–H groups in total. The summed E-state index contributed by atoms with van der Waals surface area (Å²) in [6.07, 6.45) is 2.60. The molecule has 0 amide bonds. The van der Waals surface area contributed by atoms with Crippen LogP contribution in [0.15, 0.2) is 35.3 Å². The van der Waals surface area contributed by atoms with Crippen LogP contribution in [0.3, 0.4) is 0 Å². The molecule has 1 unspecified atom stereocenters. The van der Waals surface area contributed by atoms with Crippen LogP contribution in [0.1, 0.15) is 25.3 Å². The smallest absolute Gasteiger partial charge is 0.193 e. The quantitative estimate of drug-likeness (QED) is 0.669. The second-order valence-electron chi connectivity index (χ2n) is 6.31. The number of guanidine groups is 1. The zero-order valence-electron chi connectivity index (χ0n) is 14.3. The van der Waals surface area contributed by atoms with Gasteiger partial charge in [-0.05, 0) is 44.8 Å². The SMILES string of the molecule is CCNC(=NCC1CCCN(C)C1)N(C)Cc1ccccc1. The zero-order chi connectivity index (χ0) is 15.8. The lowest BCUT2D eigenvalue weighted by molar-refractivity contribution is 0.214. The highest BCUT2D eigenvalue weighted by molar-refractivity contribution is 5.79. The lowest BCUT2D eigenvalue weighted by Gasteiger charge is -2.29. The van der Waals surface area contributed by atoms with Crippen LogP contribution in [0, 0.1) is 5.92 Å². The van der Waals surface area contributed by atoms with Crippen molar-refractivity contribution < 1.29 is 0 Å². The van der Waals surface area contributed by atoms with Gasteiger partial charge in [-0.1, -0.05) is 30.3 Å². The zero-order valence-corrected chi connectivity index (χ0v) is 14.3. The second kappa shape index (κ2) is 8.79. The lowest BCUT2D eigenvalue weighted by Crippen LogP contribution is -2.39. The van der Waals surface area contributed by atoms with E-state index in [1.165, 1.54) is 31.5 Å². The van der Waals surface area contributed by atoms with Crippen molar-refractivity contribution >= 4 is 5.96 Å². The number of piperidine rings is 1. The molecule has 4 nitrogen and oxygen atoms in total. The van der Waals surface area contributed by atoms with Crippen molar-refractivity contribution in [1.29, 1.82) is 0 Å². The third-order valence-electron chi connectivity index (χ3n) is 4.18. The van der Waals surface area contributed by atoms with Gasteiger partial charge in [-0.25, -0.2) is 0 Å². The molecule has 4 heteroatoms. The van der Waals surface area contributed by atoms with E-state index < -0.39 is 0 Å². The third-order valence-corrected chi connectivity index (χ3v) is 4.18. The van der Waals surface area contributed by atoms with E-state index in [0.29, 0.717) is 5.92 Å². The molecule has 0 aromatic heterocycles. The topological polar surface area (TPSA) is 30.9 Å². The van der Waals surface area contributed by atoms with Gasteiger partial charge < -0.3 is 15.1 Å². The Balaban J connectivity index is 1.93. The fourth-order valence-electron chi connectivity index (χ4n) is 3.04. The number of rotatable bonds is 5. The highest BCUT2D eigenvalue weighted by Crippen LogP contribution is 2.15. The molecule has 1 aromatic rings. The van der Waals surface area contributed by atoms with Gasteiger partial charge >= 0.3 is 0 Å². The van der Waals surface area contributed by atoms with Crippen molar-refractivity contribution in [2.24, 2.45) is 10.9 Å². The number of likely N-dealkylation sites (tertiary alicyclic amines) is 1. The number of aliphatic imine (C=N–C) groups is 1. The van der Waals surface area contributed by atoms with Crippen molar-refractivity contribution in [1.82, 2.24) is 15.1 Å². The van der Waals surface area contributed by atoms with Gasteiger partial charge in [0.25, 0.3) is 0 Å². The Bertz CT molecular complexity index is 457. The van der Waals surface area contributed by atoms with Crippen LogP contribution in [0.5, 0.6) is 0 Å². The summed E-state index contributed by atoms with van der Waals surface area (Å²) in [7, 11) is 4.32. The molecule has 0 spiro atoms. The Labute approximate surface area is 135 Å². The molecular weight excluding hydrogens is 272 g/mol. The molecule has 0 bridgehead atoms. The van der Waals surface area contributed by atoms with Crippen molar-refractivity contribution in [2.45, 2.75) is 26.3 Å². The van der Waals surface area contributed by atoms with Crippen LogP contribution in [0.2, 0.25) is 0 Å². The van der Waals surface area contributed by atoms with Crippen molar-refractivity contribution in [2.75, 3.05) is 40.3 Å². The summed E-state index contributed by atoms with van der Waals surface area (Å²) in [4.78, 5) is 9.51. The Hall–Kier alpha value is -1.55. The van der Waals surface area contributed by atoms with Crippen LogP contribution < -0.4 is 5.32 Å².